The van der Waals surface area contributed by atoms with Crippen LogP contribution in [0.3, 0.4) is 0 Å². The molecule has 10 nitrogen and oxygen atoms in total. The number of ketones is 1. The van der Waals surface area contributed by atoms with Crippen molar-refractivity contribution in [2.45, 2.75) is 52.4 Å². The van der Waals surface area contributed by atoms with Crippen LogP contribution in [0.1, 0.15) is 52.4 Å². The molecule has 0 heterocycles. The predicted molar refractivity (Wildman–Crippen MR) is 116 cm³/mol. The molecule has 0 rings (SSSR count). The molecule has 0 aliphatic rings. The molecule has 10 heteroatoms. The summed E-state index contributed by atoms with van der Waals surface area (Å²) in [7, 11) is 0. The molecule has 0 aliphatic heterocycles. The summed E-state index contributed by atoms with van der Waals surface area (Å²) < 4.78 is 28.1. The molecule has 31 heavy (non-hydrogen) atoms. The number of rotatable bonds is 22. The average Bonchev–Trinajstić information content (AvgIpc) is 2.76. The van der Waals surface area contributed by atoms with Crippen molar-refractivity contribution in [3.63, 3.8) is 0 Å². The highest BCUT2D eigenvalue weighted by Crippen LogP contribution is 2.10. The number of Topliss-reactive ketones (excluding diaryl/α,β-unsaturated/α-hetero) is 1. The van der Waals surface area contributed by atoms with Crippen LogP contribution in [0.4, 0.5) is 0 Å². The van der Waals surface area contributed by atoms with Crippen LogP contribution in [0.5, 0.6) is 0 Å². The first kappa shape index (κ1) is 27.4. The molecule has 0 aromatic carbocycles. The van der Waals surface area contributed by atoms with Gasteiger partial charge in [0.2, 0.25) is 11.8 Å². The molecule has 0 unspecified atom stereocenters. The second-order valence-corrected chi connectivity index (χ2v) is 7.19. The Hall–Kier alpha value is -1.59. The Kier molecular flexibility index (Phi) is 19.2. The molecule has 0 aromatic heterocycles. The largest absolute Gasteiger partial charge is 0.379 e. The van der Waals surface area contributed by atoms with Crippen molar-refractivity contribution in [1.29, 1.82) is 0 Å². The van der Waals surface area contributed by atoms with Gasteiger partial charge in [-0.3, -0.25) is 19.8 Å². The lowest BCUT2D eigenvalue weighted by atomic mass is 10.0. The van der Waals surface area contributed by atoms with Crippen molar-refractivity contribution in [3.05, 3.63) is 0 Å². The van der Waals surface area contributed by atoms with Gasteiger partial charge in [-0.2, -0.15) is 0 Å². The van der Waals surface area contributed by atoms with Crippen LogP contribution in [0.25, 0.3) is 0 Å². The molecule has 2 amide bonds. The van der Waals surface area contributed by atoms with Crippen LogP contribution in [0.2, 0.25) is 1.41 Å². The molecule has 0 aliphatic carbocycles. The van der Waals surface area contributed by atoms with Crippen molar-refractivity contribution >= 4 is 17.6 Å². The highest BCUT2D eigenvalue weighted by atomic mass is 16.5. The summed E-state index contributed by atoms with van der Waals surface area (Å²) in [6.07, 6.45) is 4.41. The van der Waals surface area contributed by atoms with E-state index in [0.717, 1.165) is 25.7 Å². The Morgan fingerprint density at radius 3 is 2.23 bits per heavy atom. The number of nitrogens with two attached hydrogens (primary N) is 1. The Morgan fingerprint density at radius 1 is 0.903 bits per heavy atom. The molecule has 0 saturated carbocycles. The van der Waals surface area contributed by atoms with Gasteiger partial charge in [-0.15, -0.1) is 0 Å². The minimum Gasteiger partial charge on any atom is -0.379 e. The molecule has 0 aromatic rings. The maximum absolute atomic E-state index is 11.8. The fraction of sp³-hybridized carbons (Fsp3) is 0.857. The molecule has 182 valence electrons. The number of ether oxygens (including phenoxy) is 4. The maximum atomic E-state index is 11.8. The quantitative estimate of drug-likeness (QED) is 0.0951. The van der Waals surface area contributed by atoms with Gasteiger partial charge in [-0.05, 0) is 19.3 Å². The van der Waals surface area contributed by atoms with E-state index < -0.39 is 5.91 Å². The molecule has 0 radical (unpaired) electrons. The van der Waals surface area contributed by atoms with Gasteiger partial charge in [-0.1, -0.05) is 26.7 Å². The van der Waals surface area contributed by atoms with Crippen LogP contribution >= 0.6 is 0 Å². The van der Waals surface area contributed by atoms with E-state index in [4.69, 9.17) is 26.2 Å². The zero-order valence-corrected chi connectivity index (χ0v) is 19.1. The number of amides is 2. The lowest BCUT2D eigenvalue weighted by Gasteiger charge is -2.09. The van der Waals surface area contributed by atoms with E-state index in [0.29, 0.717) is 64.4 Å². The van der Waals surface area contributed by atoms with Crippen LogP contribution in [0, 0.1) is 5.92 Å². The summed E-state index contributed by atoms with van der Waals surface area (Å²) in [5.74, 6) is 4.24. The number of carbonyl (C=O) groups is 3. The zero-order chi connectivity index (χ0) is 24.0. The minimum atomic E-state index is -0.406. The first-order chi connectivity index (χ1) is 15.4. The first-order valence-corrected chi connectivity index (χ1v) is 11.0. The normalized spacial score (nSPS) is 12.3. The lowest BCUT2D eigenvalue weighted by Crippen LogP contribution is -2.34. The van der Waals surface area contributed by atoms with E-state index in [2.05, 4.69) is 5.32 Å². The standard InChI is InChI=1S/C21H41N3O7/c1-3-10-28-12-15-31-17-20(26)23-9-11-29-13-14-30-16-19(25)8-6-4-5-7-18(2)21(27)24-22/h18H,3-17,22H2,1-2H3,(H,23,26)(H,24,27)/t18-/m0/s1/i/hT. The van der Waals surface area contributed by atoms with Crippen LogP contribution in [-0.2, 0) is 33.3 Å². The molecule has 4 N–H and O–H groups in total. The third-order valence-corrected chi connectivity index (χ3v) is 4.30. The number of unbranched alkanes of at least 4 members (excludes halogenated alkanes) is 2. The Morgan fingerprint density at radius 2 is 1.55 bits per heavy atom. The van der Waals surface area contributed by atoms with Crippen LogP contribution in [-0.4, -0.2) is 77.0 Å². The van der Waals surface area contributed by atoms with Crippen molar-refractivity contribution in [2.24, 2.45) is 11.8 Å². The summed E-state index contributed by atoms with van der Waals surface area (Å²) in [5.41, 5.74) is 0.369. The third-order valence-electron chi connectivity index (χ3n) is 4.30. The van der Waals surface area contributed by atoms with Gasteiger partial charge in [0.15, 0.2) is 7.20 Å². The lowest BCUT2D eigenvalue weighted by molar-refractivity contribution is -0.127. The Labute approximate surface area is 187 Å². The van der Waals surface area contributed by atoms with Crippen molar-refractivity contribution < 1.29 is 34.7 Å². The monoisotopic (exact) mass is 449 g/mol. The van der Waals surface area contributed by atoms with Gasteiger partial charge < -0.3 is 24.3 Å². The topological polar surface area (TPSA) is 138 Å². The first-order valence-electron chi connectivity index (χ1n) is 11.5. The fourth-order valence-electron chi connectivity index (χ4n) is 2.52. The molecular weight excluding hydrogens is 406 g/mol. The summed E-state index contributed by atoms with van der Waals surface area (Å²) in [5, 5.41) is 2.68. The van der Waals surface area contributed by atoms with Crippen molar-refractivity contribution in [1.82, 2.24) is 10.7 Å². The molecule has 0 bridgehead atoms. The smallest absolute Gasteiger partial charge is 0.246 e. The zero-order valence-electron chi connectivity index (χ0n) is 20.1. The van der Waals surface area contributed by atoms with E-state index >= 15 is 0 Å². The maximum Gasteiger partial charge on any atom is 0.246 e. The molecule has 1 atom stereocenters. The molecular formula is C21H41N3O7. The summed E-state index contributed by atoms with van der Waals surface area (Å²) >= 11 is 0. The van der Waals surface area contributed by atoms with Crippen molar-refractivity contribution in [3.8, 4) is 0 Å². The third kappa shape index (κ3) is 20.1. The highest BCUT2D eigenvalue weighted by molar-refractivity contribution is 5.79. The highest BCUT2D eigenvalue weighted by Gasteiger charge is 2.10. The van der Waals surface area contributed by atoms with Gasteiger partial charge in [-0.25, -0.2) is 5.84 Å². The summed E-state index contributed by atoms with van der Waals surface area (Å²) in [4.78, 5) is 34.8. The second kappa shape index (κ2) is 21.6. The van der Waals surface area contributed by atoms with E-state index in [1.54, 1.807) is 6.92 Å². The van der Waals surface area contributed by atoms with Crippen molar-refractivity contribution in [2.75, 3.05) is 59.4 Å². The van der Waals surface area contributed by atoms with E-state index in [9.17, 15) is 14.4 Å². The predicted octanol–water partition coefficient (Wildman–Crippen LogP) is 0.725. The van der Waals surface area contributed by atoms with Gasteiger partial charge >= 0.3 is 0 Å². The van der Waals surface area contributed by atoms with E-state index in [1.165, 1.54) is 0 Å². The molecule has 0 spiro atoms. The number of hydrogen-bond donors (Lipinski definition) is 3. The van der Waals surface area contributed by atoms with Crippen LogP contribution < -0.4 is 16.6 Å². The van der Waals surface area contributed by atoms with Gasteiger partial charge in [0.1, 0.15) is 13.2 Å². The minimum absolute atomic E-state index is 0.00462. The van der Waals surface area contributed by atoms with E-state index in [-0.39, 0.29) is 30.8 Å². The number of carbonyl (C=O) groups excluding carboxylic acids is 3. The fourth-order valence-corrected chi connectivity index (χ4v) is 2.52. The molecule has 0 fully saturated rings. The number of nitrogens with one attached hydrogen (secondary N) is 2. The van der Waals surface area contributed by atoms with Gasteiger partial charge in [0, 0.05) is 25.5 Å². The van der Waals surface area contributed by atoms with Gasteiger partial charge in [0.05, 0.1) is 33.0 Å². The Bertz CT molecular complexity index is 510. The Balaban J connectivity index is 3.40. The summed E-state index contributed by atoms with van der Waals surface area (Å²) in [6.45, 7) is 6.76. The number of hydrogen-bond acceptors (Lipinski definition) is 8. The summed E-state index contributed by atoms with van der Waals surface area (Å²) in [6, 6.07) is 0. The van der Waals surface area contributed by atoms with E-state index in [1.807, 2.05) is 6.92 Å². The second-order valence-electron chi connectivity index (χ2n) is 7.19. The number of hydrazine groups is 1. The SMILES string of the molecule is [3H]N(N)C(=O)[C@@H](C)CCCCCC(=O)COCCOCCNC(=O)COCCOCCC. The van der Waals surface area contributed by atoms with Crippen LogP contribution in [0.15, 0.2) is 0 Å². The van der Waals surface area contributed by atoms with Gasteiger partial charge in [0.25, 0.3) is 0 Å². The average molecular weight is 450 g/mol. The molecule has 0 saturated heterocycles.